The number of ether oxygens (including phenoxy) is 2. The molecule has 3 aliphatic rings. The number of aromatic carboxylic acids is 1. The smallest absolute Gasteiger partial charge is 0.339 e. The van der Waals surface area contributed by atoms with Gasteiger partial charge < -0.3 is 19.5 Å². The molecule has 4 atom stereocenters. The van der Waals surface area contributed by atoms with Gasteiger partial charge in [-0.3, -0.25) is 4.79 Å². The van der Waals surface area contributed by atoms with Crippen LogP contribution in [-0.2, 0) is 4.74 Å². The van der Waals surface area contributed by atoms with Gasteiger partial charge in [0.15, 0.2) is 0 Å². The summed E-state index contributed by atoms with van der Waals surface area (Å²) in [6, 6.07) is 11.5. The Morgan fingerprint density at radius 2 is 1.94 bits per heavy atom. The van der Waals surface area contributed by atoms with E-state index in [1.807, 2.05) is 38.1 Å². The highest BCUT2D eigenvalue weighted by atomic mass is 19.1. The molecular formula is C25H26FNO5. The third kappa shape index (κ3) is 3.26. The second-order valence-corrected chi connectivity index (χ2v) is 9.36. The number of nitrogens with zero attached hydrogens (tertiary/aromatic N) is 1. The zero-order valence-corrected chi connectivity index (χ0v) is 18.1. The van der Waals surface area contributed by atoms with E-state index in [0.717, 1.165) is 30.2 Å². The van der Waals surface area contributed by atoms with Crippen LogP contribution >= 0.6 is 0 Å². The van der Waals surface area contributed by atoms with E-state index in [4.69, 9.17) is 9.47 Å². The number of amides is 1. The first kappa shape index (κ1) is 20.9. The number of carboxylic acids is 1. The number of hydrogen-bond acceptors (Lipinski definition) is 4. The summed E-state index contributed by atoms with van der Waals surface area (Å²) in [6.07, 6.45) is 1.92. The van der Waals surface area contributed by atoms with Crippen LogP contribution in [-0.4, -0.2) is 46.2 Å². The van der Waals surface area contributed by atoms with E-state index >= 15 is 0 Å². The monoisotopic (exact) mass is 439 g/mol. The number of halogens is 1. The predicted molar refractivity (Wildman–Crippen MR) is 114 cm³/mol. The molecule has 168 valence electrons. The predicted octanol–water partition coefficient (Wildman–Crippen LogP) is 4.45. The van der Waals surface area contributed by atoms with Gasteiger partial charge in [0.05, 0.1) is 23.8 Å². The summed E-state index contributed by atoms with van der Waals surface area (Å²) in [5.74, 6) is -1.98. The summed E-state index contributed by atoms with van der Waals surface area (Å²) >= 11 is 0. The van der Waals surface area contributed by atoms with Crippen molar-refractivity contribution in [3.63, 3.8) is 0 Å². The van der Waals surface area contributed by atoms with E-state index in [2.05, 4.69) is 0 Å². The summed E-state index contributed by atoms with van der Waals surface area (Å²) < 4.78 is 27.1. The standard InChI is InChI=1S/C25H26FNO5/c1-25(2)16-13-18-20(31-22(16)14-7-3-4-10-19(14)32-25)11-6-12-27(18)23(28)15-8-5-9-17(26)21(15)24(29)30/h3-5,7-10,16,18,20,22H,6,11-13H2,1-2H3,(H,29,30)/t16-,18-,20-,22+/m0/s1. The summed E-state index contributed by atoms with van der Waals surface area (Å²) in [6.45, 7) is 4.55. The Morgan fingerprint density at radius 3 is 2.72 bits per heavy atom. The van der Waals surface area contributed by atoms with Crippen molar-refractivity contribution in [1.82, 2.24) is 4.90 Å². The number of benzene rings is 2. The molecule has 0 bridgehead atoms. The van der Waals surface area contributed by atoms with Crippen LogP contribution in [0.3, 0.4) is 0 Å². The van der Waals surface area contributed by atoms with Gasteiger partial charge in [-0.15, -0.1) is 0 Å². The summed E-state index contributed by atoms with van der Waals surface area (Å²) in [4.78, 5) is 26.8. The molecule has 6 nitrogen and oxygen atoms in total. The molecule has 1 amide bonds. The minimum Gasteiger partial charge on any atom is -0.487 e. The number of para-hydroxylation sites is 1. The van der Waals surface area contributed by atoms with Gasteiger partial charge in [-0.1, -0.05) is 24.3 Å². The second kappa shape index (κ2) is 7.59. The van der Waals surface area contributed by atoms with Crippen molar-refractivity contribution in [2.45, 2.75) is 57.0 Å². The molecule has 7 heteroatoms. The lowest BCUT2D eigenvalue weighted by Gasteiger charge is -2.54. The van der Waals surface area contributed by atoms with Crippen LogP contribution in [0.15, 0.2) is 42.5 Å². The molecular weight excluding hydrogens is 413 g/mol. The Labute approximate surface area is 185 Å². The van der Waals surface area contributed by atoms with E-state index in [1.165, 1.54) is 12.1 Å². The Balaban J connectivity index is 1.49. The van der Waals surface area contributed by atoms with Crippen molar-refractivity contribution >= 4 is 11.9 Å². The zero-order chi connectivity index (χ0) is 22.6. The van der Waals surface area contributed by atoms with E-state index in [-0.39, 0.29) is 29.7 Å². The molecule has 3 heterocycles. The minimum atomic E-state index is -1.45. The minimum absolute atomic E-state index is 0.0125. The zero-order valence-electron chi connectivity index (χ0n) is 18.1. The fraction of sp³-hybridized carbons (Fsp3) is 0.440. The topological polar surface area (TPSA) is 76.1 Å². The highest BCUT2D eigenvalue weighted by molar-refractivity contribution is 6.05. The van der Waals surface area contributed by atoms with Crippen LogP contribution in [0.1, 0.15) is 65.5 Å². The van der Waals surface area contributed by atoms with Gasteiger partial charge in [-0.2, -0.15) is 0 Å². The molecule has 2 fully saturated rings. The lowest BCUT2D eigenvalue weighted by Crippen LogP contribution is -2.60. The van der Waals surface area contributed by atoms with E-state index in [0.29, 0.717) is 13.0 Å². The van der Waals surface area contributed by atoms with Gasteiger partial charge in [-0.25, -0.2) is 9.18 Å². The molecule has 0 radical (unpaired) electrons. The van der Waals surface area contributed by atoms with Gasteiger partial charge in [-0.05, 0) is 51.3 Å². The molecule has 0 aromatic heterocycles. The van der Waals surface area contributed by atoms with Crippen LogP contribution < -0.4 is 4.74 Å². The van der Waals surface area contributed by atoms with E-state index < -0.39 is 28.9 Å². The molecule has 3 aliphatic heterocycles. The first-order valence-corrected chi connectivity index (χ1v) is 11.0. The maximum Gasteiger partial charge on any atom is 0.339 e. The van der Waals surface area contributed by atoms with Crippen molar-refractivity contribution in [1.29, 1.82) is 0 Å². The first-order chi connectivity index (χ1) is 15.3. The molecule has 0 spiro atoms. The number of carbonyl (C=O) groups excluding carboxylic acids is 1. The molecule has 1 N–H and O–H groups in total. The normalized spacial score (nSPS) is 28.0. The average Bonchev–Trinajstić information content (AvgIpc) is 2.76. The molecule has 0 unspecified atom stereocenters. The Morgan fingerprint density at radius 1 is 1.16 bits per heavy atom. The van der Waals surface area contributed by atoms with Crippen LogP contribution in [0.2, 0.25) is 0 Å². The average molecular weight is 439 g/mol. The highest BCUT2D eigenvalue weighted by Gasteiger charge is 2.53. The lowest BCUT2D eigenvalue weighted by molar-refractivity contribution is -0.183. The third-order valence-corrected chi connectivity index (χ3v) is 7.11. The molecule has 0 aliphatic carbocycles. The van der Waals surface area contributed by atoms with Crippen molar-refractivity contribution in [3.05, 3.63) is 65.0 Å². The third-order valence-electron chi connectivity index (χ3n) is 7.11. The van der Waals surface area contributed by atoms with Gasteiger partial charge in [0.2, 0.25) is 0 Å². The summed E-state index contributed by atoms with van der Waals surface area (Å²) in [5, 5.41) is 9.49. The Bertz CT molecular complexity index is 1080. The number of piperidine rings is 1. The quantitative estimate of drug-likeness (QED) is 0.749. The van der Waals surface area contributed by atoms with E-state index in [1.54, 1.807) is 4.90 Å². The number of carbonyl (C=O) groups is 2. The van der Waals surface area contributed by atoms with Crippen LogP contribution in [0.4, 0.5) is 4.39 Å². The molecule has 2 aromatic rings. The number of rotatable bonds is 2. The molecule has 0 saturated carbocycles. The van der Waals surface area contributed by atoms with Crippen molar-refractivity contribution < 1.29 is 28.6 Å². The first-order valence-electron chi connectivity index (χ1n) is 11.0. The van der Waals surface area contributed by atoms with Crippen molar-refractivity contribution in [3.8, 4) is 5.75 Å². The van der Waals surface area contributed by atoms with Crippen molar-refractivity contribution in [2.75, 3.05) is 6.54 Å². The van der Waals surface area contributed by atoms with Gasteiger partial charge in [0.1, 0.15) is 22.7 Å². The molecule has 5 rings (SSSR count). The summed E-state index contributed by atoms with van der Waals surface area (Å²) in [5.41, 5.74) is -0.174. The Hall–Kier alpha value is -2.93. The number of hydrogen-bond donors (Lipinski definition) is 1. The largest absolute Gasteiger partial charge is 0.487 e. The van der Waals surface area contributed by atoms with Gasteiger partial charge >= 0.3 is 5.97 Å². The second-order valence-electron chi connectivity index (χ2n) is 9.36. The van der Waals surface area contributed by atoms with E-state index in [9.17, 15) is 19.1 Å². The Kier molecular flexibility index (Phi) is 4.97. The number of likely N-dealkylation sites (tertiary alicyclic amines) is 1. The SMILES string of the molecule is CC1(C)Oc2ccccc2[C@H]2O[C@H]3CCCN(C(=O)c4cccc(F)c4C(=O)O)[C@H]3C[C@@H]21. The molecule has 2 aromatic carbocycles. The highest BCUT2D eigenvalue weighted by Crippen LogP contribution is 2.52. The maximum absolute atomic E-state index is 14.2. The van der Waals surface area contributed by atoms with Crippen LogP contribution in [0.5, 0.6) is 5.75 Å². The number of carboxylic acid groups (broad SMARTS) is 1. The fourth-order valence-electron chi connectivity index (χ4n) is 5.56. The fourth-order valence-corrected chi connectivity index (χ4v) is 5.56. The molecule has 32 heavy (non-hydrogen) atoms. The number of fused-ring (bicyclic) bond motifs is 4. The van der Waals surface area contributed by atoms with Crippen LogP contribution in [0.25, 0.3) is 0 Å². The van der Waals surface area contributed by atoms with Crippen LogP contribution in [0, 0.1) is 11.7 Å². The van der Waals surface area contributed by atoms with Gasteiger partial charge in [0, 0.05) is 18.0 Å². The van der Waals surface area contributed by atoms with Gasteiger partial charge in [0.25, 0.3) is 5.91 Å². The lowest BCUT2D eigenvalue weighted by atomic mass is 9.72. The maximum atomic E-state index is 14.2. The van der Waals surface area contributed by atoms with Crippen molar-refractivity contribution in [2.24, 2.45) is 5.92 Å². The summed E-state index contributed by atoms with van der Waals surface area (Å²) in [7, 11) is 0. The molecule has 2 saturated heterocycles.